The van der Waals surface area contributed by atoms with Crippen molar-refractivity contribution in [2.75, 3.05) is 6.61 Å². The molecule has 0 radical (unpaired) electrons. The van der Waals surface area contributed by atoms with Crippen molar-refractivity contribution >= 4 is 0 Å². The molecule has 1 atom stereocenters. The van der Waals surface area contributed by atoms with Gasteiger partial charge in [-0.1, -0.05) is 0 Å². The van der Waals surface area contributed by atoms with E-state index in [4.69, 9.17) is 4.74 Å². The zero-order valence-corrected chi connectivity index (χ0v) is 8.24. The topological polar surface area (TPSA) is 42.4 Å². The van der Waals surface area contributed by atoms with Gasteiger partial charge in [0.05, 0.1) is 12.7 Å². The Morgan fingerprint density at radius 2 is 2.31 bits per heavy atom. The van der Waals surface area contributed by atoms with Gasteiger partial charge in [0, 0.05) is 11.8 Å². The monoisotopic (exact) mass is 181 g/mol. The zero-order valence-electron chi connectivity index (χ0n) is 8.24. The highest BCUT2D eigenvalue weighted by atomic mass is 16.5. The number of nitrogens with zero attached hydrogens (tertiary/aromatic N) is 1. The highest BCUT2D eigenvalue weighted by molar-refractivity contribution is 5.29. The average Bonchev–Trinajstić information content (AvgIpc) is 2.08. The summed E-state index contributed by atoms with van der Waals surface area (Å²) < 4.78 is 5.28. The highest BCUT2D eigenvalue weighted by Gasteiger charge is 2.05. The summed E-state index contributed by atoms with van der Waals surface area (Å²) in [6.07, 6.45) is 1.17. The van der Waals surface area contributed by atoms with E-state index in [9.17, 15) is 5.11 Å². The molecule has 13 heavy (non-hydrogen) atoms. The predicted octanol–water partition coefficient (Wildman–Crippen LogP) is 1.84. The van der Waals surface area contributed by atoms with Gasteiger partial charge in [-0.05, 0) is 32.4 Å². The number of pyridine rings is 1. The van der Waals surface area contributed by atoms with Gasteiger partial charge in [0.1, 0.15) is 0 Å². The highest BCUT2D eigenvalue weighted by Crippen LogP contribution is 2.19. The Hall–Kier alpha value is -1.09. The van der Waals surface area contributed by atoms with Gasteiger partial charge in [0.25, 0.3) is 0 Å². The summed E-state index contributed by atoms with van der Waals surface area (Å²) in [7, 11) is 0. The number of aliphatic hydroxyl groups excluding tert-OH is 1. The van der Waals surface area contributed by atoms with E-state index in [1.165, 1.54) is 0 Å². The normalized spacial score (nSPS) is 12.6. The lowest BCUT2D eigenvalue weighted by Gasteiger charge is -2.09. The van der Waals surface area contributed by atoms with Crippen molar-refractivity contribution < 1.29 is 9.84 Å². The largest absolute Gasteiger partial charge is 0.478 e. The van der Waals surface area contributed by atoms with Crippen molar-refractivity contribution in [3.8, 4) is 5.88 Å². The van der Waals surface area contributed by atoms with Crippen molar-refractivity contribution in [3.63, 3.8) is 0 Å². The molecule has 0 bridgehead atoms. The quantitative estimate of drug-likeness (QED) is 0.773. The molecule has 0 saturated carbocycles. The minimum atomic E-state index is -0.470. The van der Waals surface area contributed by atoms with E-state index in [-0.39, 0.29) is 0 Å². The van der Waals surface area contributed by atoms with Gasteiger partial charge >= 0.3 is 0 Å². The Morgan fingerprint density at radius 1 is 1.62 bits per heavy atom. The third-order valence-electron chi connectivity index (χ3n) is 1.81. The first-order valence-corrected chi connectivity index (χ1v) is 4.42. The van der Waals surface area contributed by atoms with Gasteiger partial charge in [-0.3, -0.25) is 0 Å². The number of aliphatic hydroxyl groups is 1. The van der Waals surface area contributed by atoms with Gasteiger partial charge in [-0.25, -0.2) is 4.98 Å². The fraction of sp³-hybridized carbons (Fsp3) is 0.500. The van der Waals surface area contributed by atoms with E-state index in [0.717, 1.165) is 11.1 Å². The van der Waals surface area contributed by atoms with Crippen molar-refractivity contribution in [3.05, 3.63) is 23.4 Å². The number of hydrogen-bond acceptors (Lipinski definition) is 3. The van der Waals surface area contributed by atoms with Crippen LogP contribution in [-0.4, -0.2) is 16.7 Å². The fourth-order valence-corrected chi connectivity index (χ4v) is 1.10. The molecule has 1 N–H and O–H groups in total. The second kappa shape index (κ2) is 4.23. The van der Waals surface area contributed by atoms with Crippen LogP contribution in [0.1, 0.15) is 31.1 Å². The second-order valence-electron chi connectivity index (χ2n) is 3.00. The summed E-state index contributed by atoms with van der Waals surface area (Å²) in [5, 5.41) is 9.29. The Kier molecular flexibility index (Phi) is 3.25. The van der Waals surface area contributed by atoms with Crippen LogP contribution in [0.2, 0.25) is 0 Å². The summed E-state index contributed by atoms with van der Waals surface area (Å²) in [5.41, 5.74) is 1.78. The molecule has 0 spiro atoms. The number of hydrogen-bond donors (Lipinski definition) is 1. The molecule has 3 nitrogen and oxygen atoms in total. The number of aromatic nitrogens is 1. The van der Waals surface area contributed by atoms with Gasteiger partial charge in [-0.15, -0.1) is 0 Å². The molecule has 1 aromatic heterocycles. The third-order valence-corrected chi connectivity index (χ3v) is 1.81. The molecule has 72 valence electrons. The van der Waals surface area contributed by atoms with Crippen LogP contribution in [0.3, 0.4) is 0 Å². The van der Waals surface area contributed by atoms with Crippen molar-refractivity contribution in [2.24, 2.45) is 0 Å². The molecule has 0 aliphatic heterocycles. The number of ether oxygens (including phenoxy) is 1. The lowest BCUT2D eigenvalue weighted by atomic mass is 10.1. The van der Waals surface area contributed by atoms with Crippen LogP contribution in [0.5, 0.6) is 5.88 Å². The third kappa shape index (κ3) is 2.42. The van der Waals surface area contributed by atoms with E-state index in [0.29, 0.717) is 12.5 Å². The Morgan fingerprint density at radius 3 is 2.77 bits per heavy atom. The van der Waals surface area contributed by atoms with Gasteiger partial charge in [0.15, 0.2) is 0 Å². The van der Waals surface area contributed by atoms with Crippen LogP contribution in [0, 0.1) is 6.92 Å². The average molecular weight is 181 g/mol. The molecule has 0 amide bonds. The van der Waals surface area contributed by atoms with E-state index < -0.39 is 6.10 Å². The summed E-state index contributed by atoms with van der Waals surface area (Å²) in [6, 6.07) is 1.89. The van der Waals surface area contributed by atoms with Crippen molar-refractivity contribution in [2.45, 2.75) is 26.9 Å². The van der Waals surface area contributed by atoms with Crippen LogP contribution in [0.25, 0.3) is 0 Å². The zero-order chi connectivity index (χ0) is 9.84. The van der Waals surface area contributed by atoms with Crippen LogP contribution in [0.15, 0.2) is 12.3 Å². The van der Waals surface area contributed by atoms with E-state index in [2.05, 4.69) is 4.98 Å². The van der Waals surface area contributed by atoms with Crippen LogP contribution in [-0.2, 0) is 0 Å². The van der Waals surface area contributed by atoms with E-state index >= 15 is 0 Å². The molecule has 1 aromatic rings. The SMILES string of the molecule is CCOc1ncc([C@H](C)O)cc1C. The fourth-order valence-electron chi connectivity index (χ4n) is 1.10. The molecular weight excluding hydrogens is 166 g/mol. The maximum absolute atomic E-state index is 9.29. The first kappa shape index (κ1) is 9.99. The minimum Gasteiger partial charge on any atom is -0.478 e. The molecule has 1 heterocycles. The first-order chi connectivity index (χ1) is 6.15. The maximum atomic E-state index is 9.29. The van der Waals surface area contributed by atoms with Crippen molar-refractivity contribution in [1.29, 1.82) is 0 Å². The molecule has 0 aliphatic rings. The first-order valence-electron chi connectivity index (χ1n) is 4.42. The molecule has 3 heteroatoms. The smallest absolute Gasteiger partial charge is 0.216 e. The number of rotatable bonds is 3. The van der Waals surface area contributed by atoms with Crippen molar-refractivity contribution in [1.82, 2.24) is 4.98 Å². The lowest BCUT2D eigenvalue weighted by Crippen LogP contribution is -1.99. The molecule has 0 aliphatic carbocycles. The summed E-state index contributed by atoms with van der Waals surface area (Å²) in [5.74, 6) is 0.645. The standard InChI is InChI=1S/C10H15NO2/c1-4-13-10-7(2)5-9(6-11-10)8(3)12/h5-6,8,12H,4H2,1-3H3/t8-/m0/s1. The second-order valence-corrected chi connectivity index (χ2v) is 3.00. The van der Waals surface area contributed by atoms with Crippen LogP contribution >= 0.6 is 0 Å². The molecule has 1 rings (SSSR count). The van der Waals surface area contributed by atoms with E-state index in [1.54, 1.807) is 13.1 Å². The van der Waals surface area contributed by atoms with E-state index in [1.807, 2.05) is 19.9 Å². The van der Waals surface area contributed by atoms with Gasteiger partial charge in [-0.2, -0.15) is 0 Å². The molecule has 0 fully saturated rings. The van der Waals surface area contributed by atoms with Crippen LogP contribution < -0.4 is 4.74 Å². The lowest BCUT2D eigenvalue weighted by molar-refractivity contribution is 0.198. The van der Waals surface area contributed by atoms with Gasteiger partial charge in [0.2, 0.25) is 5.88 Å². The Bertz CT molecular complexity index is 284. The summed E-state index contributed by atoms with van der Waals surface area (Å²) in [4.78, 5) is 4.11. The number of aryl methyl sites for hydroxylation is 1. The van der Waals surface area contributed by atoms with Gasteiger partial charge < -0.3 is 9.84 Å². The molecule has 0 unspecified atom stereocenters. The molecule has 0 saturated heterocycles. The summed E-state index contributed by atoms with van der Waals surface area (Å²) in [6.45, 7) is 6.17. The van der Waals surface area contributed by atoms with Crippen LogP contribution in [0.4, 0.5) is 0 Å². The summed E-state index contributed by atoms with van der Waals surface area (Å²) >= 11 is 0. The predicted molar refractivity (Wildman–Crippen MR) is 50.8 cm³/mol. The molecule has 0 aromatic carbocycles. The Balaban J connectivity index is 2.92. The molecular formula is C10H15NO2. The maximum Gasteiger partial charge on any atom is 0.216 e. The Labute approximate surface area is 78.4 Å². The minimum absolute atomic E-state index is 0.470.